The quantitative estimate of drug-likeness (QED) is 0.545. The van der Waals surface area contributed by atoms with Crippen LogP contribution in [0.1, 0.15) is 17.3 Å². The van der Waals surface area contributed by atoms with E-state index in [-0.39, 0.29) is 5.78 Å². The maximum absolute atomic E-state index is 11.5. The van der Waals surface area contributed by atoms with Crippen LogP contribution in [0.5, 0.6) is 0 Å². The molecule has 2 aromatic carbocycles. The maximum atomic E-state index is 11.5. The van der Waals surface area contributed by atoms with Crippen LogP contribution < -0.4 is 0 Å². The molecule has 0 radical (unpaired) electrons. The number of rotatable bonds is 3. The Labute approximate surface area is 132 Å². The highest BCUT2D eigenvalue weighted by Crippen LogP contribution is 2.21. The summed E-state index contributed by atoms with van der Waals surface area (Å²) in [6.45, 7) is 1.56. The van der Waals surface area contributed by atoms with Gasteiger partial charge < -0.3 is 4.57 Å². The minimum atomic E-state index is 0.0450. The highest BCUT2D eigenvalue weighted by Gasteiger charge is 2.08. The third-order valence-electron chi connectivity index (χ3n) is 3.86. The first-order valence-corrected chi connectivity index (χ1v) is 7.29. The lowest BCUT2D eigenvalue weighted by Crippen LogP contribution is -1.96. The molecule has 0 aliphatic rings. The van der Waals surface area contributed by atoms with E-state index in [4.69, 9.17) is 0 Å². The number of hydrogen-bond acceptors (Lipinski definition) is 3. The average Bonchev–Trinajstić information content (AvgIpc) is 3.24. The minimum absolute atomic E-state index is 0.0450. The molecule has 4 rings (SSSR count). The van der Waals surface area contributed by atoms with Gasteiger partial charge in [0.15, 0.2) is 5.78 Å². The second kappa shape index (κ2) is 5.21. The summed E-state index contributed by atoms with van der Waals surface area (Å²) in [5.74, 6) is 0.0450. The van der Waals surface area contributed by atoms with Crippen molar-refractivity contribution >= 4 is 16.8 Å². The van der Waals surface area contributed by atoms with E-state index < -0.39 is 0 Å². The zero-order valence-corrected chi connectivity index (χ0v) is 12.5. The Bertz CT molecular complexity index is 999. The third kappa shape index (κ3) is 2.32. The van der Waals surface area contributed by atoms with Gasteiger partial charge in [-0.2, -0.15) is 0 Å². The van der Waals surface area contributed by atoms with Gasteiger partial charge in [0.2, 0.25) is 0 Å². The van der Waals surface area contributed by atoms with Crippen molar-refractivity contribution in [1.29, 1.82) is 0 Å². The lowest BCUT2D eigenvalue weighted by Gasteiger charge is -2.08. The molecule has 0 bridgehead atoms. The van der Waals surface area contributed by atoms with Gasteiger partial charge in [-0.25, -0.2) is 9.97 Å². The number of nitrogens with zero attached hydrogens (tertiary/aromatic N) is 4. The lowest BCUT2D eigenvalue weighted by molar-refractivity contribution is 0.101. The van der Waals surface area contributed by atoms with E-state index in [1.165, 1.54) is 0 Å². The number of Topliss-reactive ketones (excluding diaryl/α,β-unsaturated/α-hetero) is 1. The van der Waals surface area contributed by atoms with Crippen LogP contribution in [0.2, 0.25) is 0 Å². The molecule has 5 nitrogen and oxygen atoms in total. The van der Waals surface area contributed by atoms with E-state index in [1.54, 1.807) is 25.8 Å². The van der Waals surface area contributed by atoms with Gasteiger partial charge in [0.1, 0.15) is 6.33 Å². The van der Waals surface area contributed by atoms with Crippen molar-refractivity contribution in [2.24, 2.45) is 0 Å². The highest BCUT2D eigenvalue weighted by molar-refractivity contribution is 5.97. The van der Waals surface area contributed by atoms with Crippen LogP contribution >= 0.6 is 0 Å². The summed E-state index contributed by atoms with van der Waals surface area (Å²) < 4.78 is 3.97. The van der Waals surface area contributed by atoms with Gasteiger partial charge in [-0.3, -0.25) is 9.36 Å². The Morgan fingerprint density at radius 3 is 2.70 bits per heavy atom. The molecule has 0 spiro atoms. The molecule has 23 heavy (non-hydrogen) atoms. The van der Waals surface area contributed by atoms with Crippen molar-refractivity contribution < 1.29 is 4.79 Å². The summed E-state index contributed by atoms with van der Waals surface area (Å²) >= 11 is 0. The molecular weight excluding hydrogens is 288 g/mol. The number of ketones is 1. The highest BCUT2D eigenvalue weighted by atomic mass is 16.1. The summed E-state index contributed by atoms with van der Waals surface area (Å²) in [6.07, 6.45) is 7.21. The molecular formula is C18H14N4O. The lowest BCUT2D eigenvalue weighted by atomic mass is 10.1. The molecule has 0 aliphatic carbocycles. The molecule has 0 fully saturated rings. The fraction of sp³-hybridized carbons (Fsp3) is 0.0556. The monoisotopic (exact) mass is 302 g/mol. The van der Waals surface area contributed by atoms with Crippen LogP contribution in [0.25, 0.3) is 22.4 Å². The Morgan fingerprint density at radius 1 is 1.04 bits per heavy atom. The standard InChI is InChI=1S/C18H14N4O/c1-13(23)14-5-6-18-17(9-14)20-12-22(18)16-4-2-3-15(10-16)21-8-7-19-11-21/h2-12H,1H3. The predicted octanol–water partition coefficient (Wildman–Crippen LogP) is 3.41. The number of carbonyl (C=O) groups is 1. The van der Waals surface area contributed by atoms with E-state index in [0.29, 0.717) is 5.56 Å². The molecule has 112 valence electrons. The van der Waals surface area contributed by atoms with Gasteiger partial charge in [0, 0.05) is 29.3 Å². The Balaban J connectivity index is 1.83. The number of aromatic nitrogens is 4. The fourth-order valence-corrected chi connectivity index (χ4v) is 2.65. The summed E-state index contributed by atoms with van der Waals surface area (Å²) in [5, 5.41) is 0. The SMILES string of the molecule is CC(=O)c1ccc2c(c1)ncn2-c1cccc(-n2ccnc2)c1. The zero-order chi connectivity index (χ0) is 15.8. The summed E-state index contributed by atoms with van der Waals surface area (Å²) in [7, 11) is 0. The topological polar surface area (TPSA) is 52.7 Å². The molecule has 0 saturated heterocycles. The van der Waals surface area contributed by atoms with E-state index in [9.17, 15) is 4.79 Å². The van der Waals surface area contributed by atoms with Crippen LogP contribution in [-0.2, 0) is 0 Å². The zero-order valence-electron chi connectivity index (χ0n) is 12.5. The Morgan fingerprint density at radius 2 is 1.91 bits per heavy atom. The number of imidazole rings is 2. The first kappa shape index (κ1) is 13.5. The second-order valence-corrected chi connectivity index (χ2v) is 5.36. The summed E-state index contributed by atoms with van der Waals surface area (Å²) in [4.78, 5) is 20.0. The fourth-order valence-electron chi connectivity index (χ4n) is 2.65. The van der Waals surface area contributed by atoms with Crippen molar-refractivity contribution in [2.45, 2.75) is 6.92 Å². The van der Waals surface area contributed by atoms with Gasteiger partial charge >= 0.3 is 0 Å². The van der Waals surface area contributed by atoms with Crippen molar-refractivity contribution in [3.63, 3.8) is 0 Å². The molecule has 5 heteroatoms. The van der Waals surface area contributed by atoms with Gasteiger partial charge in [-0.05, 0) is 43.3 Å². The van der Waals surface area contributed by atoms with E-state index in [2.05, 4.69) is 16.0 Å². The molecule has 0 atom stereocenters. The number of carbonyl (C=O) groups excluding carboxylic acids is 1. The number of benzene rings is 2. The molecule has 0 unspecified atom stereocenters. The van der Waals surface area contributed by atoms with Gasteiger partial charge in [-0.15, -0.1) is 0 Å². The largest absolute Gasteiger partial charge is 0.306 e. The predicted molar refractivity (Wildman–Crippen MR) is 88.2 cm³/mol. The molecule has 0 aliphatic heterocycles. The normalized spacial score (nSPS) is 11.0. The third-order valence-corrected chi connectivity index (χ3v) is 3.86. The van der Waals surface area contributed by atoms with Crippen molar-refractivity contribution in [1.82, 2.24) is 19.1 Å². The average molecular weight is 302 g/mol. The van der Waals surface area contributed by atoms with Gasteiger partial charge in [0.05, 0.1) is 17.4 Å². The minimum Gasteiger partial charge on any atom is -0.306 e. The molecule has 0 amide bonds. The van der Waals surface area contributed by atoms with Crippen molar-refractivity contribution in [2.75, 3.05) is 0 Å². The number of hydrogen-bond donors (Lipinski definition) is 0. The second-order valence-electron chi connectivity index (χ2n) is 5.36. The van der Waals surface area contributed by atoms with Gasteiger partial charge in [0.25, 0.3) is 0 Å². The van der Waals surface area contributed by atoms with Gasteiger partial charge in [-0.1, -0.05) is 6.07 Å². The number of fused-ring (bicyclic) bond motifs is 1. The Hall–Kier alpha value is -3.21. The van der Waals surface area contributed by atoms with Crippen LogP contribution in [0.4, 0.5) is 0 Å². The van der Waals surface area contributed by atoms with Crippen LogP contribution in [0, 0.1) is 0 Å². The van der Waals surface area contributed by atoms with E-state index in [1.807, 2.05) is 51.7 Å². The van der Waals surface area contributed by atoms with E-state index >= 15 is 0 Å². The van der Waals surface area contributed by atoms with Crippen LogP contribution in [-0.4, -0.2) is 24.9 Å². The smallest absolute Gasteiger partial charge is 0.159 e. The molecule has 2 heterocycles. The van der Waals surface area contributed by atoms with Crippen LogP contribution in [0.15, 0.2) is 67.5 Å². The first-order valence-electron chi connectivity index (χ1n) is 7.29. The molecule has 0 saturated carbocycles. The molecule has 2 aromatic heterocycles. The van der Waals surface area contributed by atoms with Crippen molar-refractivity contribution in [3.8, 4) is 11.4 Å². The summed E-state index contributed by atoms with van der Waals surface area (Å²) in [5.41, 5.74) is 4.50. The van der Waals surface area contributed by atoms with Crippen molar-refractivity contribution in [3.05, 3.63) is 73.1 Å². The van der Waals surface area contributed by atoms with E-state index in [0.717, 1.165) is 22.4 Å². The maximum Gasteiger partial charge on any atom is 0.159 e. The Kier molecular flexibility index (Phi) is 3.05. The molecule has 0 N–H and O–H groups in total. The first-order chi connectivity index (χ1) is 11.2. The summed E-state index contributed by atoms with van der Waals surface area (Å²) in [6, 6.07) is 13.7. The van der Waals surface area contributed by atoms with Crippen LogP contribution in [0.3, 0.4) is 0 Å². The molecule has 4 aromatic rings.